The van der Waals surface area contributed by atoms with Gasteiger partial charge in [-0.25, -0.2) is 0 Å². The number of phenols is 1. The number of rotatable bonds is 4. The van der Waals surface area contributed by atoms with Gasteiger partial charge >= 0.3 is 0 Å². The van der Waals surface area contributed by atoms with Crippen LogP contribution in [0.2, 0.25) is 0 Å². The Labute approximate surface area is 125 Å². The number of aromatic hydroxyl groups is 1. The van der Waals surface area contributed by atoms with Crippen LogP contribution in [0.1, 0.15) is 21.5 Å². The van der Waals surface area contributed by atoms with E-state index in [2.05, 4.69) is 21.2 Å². The van der Waals surface area contributed by atoms with E-state index >= 15 is 0 Å². The highest BCUT2D eigenvalue weighted by atomic mass is 79.9. The molecule has 1 amide bonds. The first kappa shape index (κ1) is 14.6. The zero-order chi connectivity index (χ0) is 14.5. The van der Waals surface area contributed by atoms with Crippen molar-refractivity contribution in [3.63, 3.8) is 0 Å². The first-order valence-electron chi connectivity index (χ1n) is 6.06. The van der Waals surface area contributed by atoms with Gasteiger partial charge in [0.25, 0.3) is 5.91 Å². The fourth-order valence-corrected chi connectivity index (χ4v) is 2.21. The van der Waals surface area contributed by atoms with E-state index in [0.29, 0.717) is 6.54 Å². The normalized spacial score (nSPS) is 10.3. The van der Waals surface area contributed by atoms with Crippen LogP contribution in [0.5, 0.6) is 5.75 Å². The van der Waals surface area contributed by atoms with Crippen molar-refractivity contribution in [3.05, 3.63) is 63.6 Å². The number of hydrogen-bond donors (Lipinski definition) is 3. The number of halogens is 1. The van der Waals surface area contributed by atoms with E-state index in [9.17, 15) is 15.0 Å². The maximum Gasteiger partial charge on any atom is 0.255 e. The zero-order valence-electron chi connectivity index (χ0n) is 10.6. The molecule has 0 radical (unpaired) electrons. The molecule has 0 aliphatic rings. The molecule has 0 spiro atoms. The summed E-state index contributed by atoms with van der Waals surface area (Å²) in [5.41, 5.74) is 1.82. The van der Waals surface area contributed by atoms with Gasteiger partial charge < -0.3 is 15.5 Å². The Morgan fingerprint density at radius 1 is 1.15 bits per heavy atom. The topological polar surface area (TPSA) is 69.6 Å². The van der Waals surface area contributed by atoms with Crippen LogP contribution in [0.4, 0.5) is 0 Å². The minimum Gasteiger partial charge on any atom is -0.507 e. The fraction of sp³-hybridized carbons (Fsp3) is 0.133. The molecule has 2 aromatic carbocycles. The summed E-state index contributed by atoms with van der Waals surface area (Å²) < 4.78 is 0.719. The van der Waals surface area contributed by atoms with Gasteiger partial charge in [-0.2, -0.15) is 0 Å². The number of phenolic OH excluding ortho intramolecular Hbond substituents is 1. The minimum atomic E-state index is -0.364. The van der Waals surface area contributed by atoms with Gasteiger partial charge in [0.1, 0.15) is 5.75 Å². The van der Waals surface area contributed by atoms with Crippen LogP contribution in [-0.2, 0) is 13.2 Å². The highest BCUT2D eigenvalue weighted by molar-refractivity contribution is 9.10. The molecular formula is C15H14BrNO3. The van der Waals surface area contributed by atoms with Crippen molar-refractivity contribution in [2.75, 3.05) is 0 Å². The summed E-state index contributed by atoms with van der Waals surface area (Å²) in [4.78, 5) is 12.0. The third kappa shape index (κ3) is 3.37. The monoisotopic (exact) mass is 335 g/mol. The summed E-state index contributed by atoms with van der Waals surface area (Å²) in [6.45, 7) is 0.218. The van der Waals surface area contributed by atoms with Crippen molar-refractivity contribution in [2.24, 2.45) is 0 Å². The molecule has 0 aliphatic heterocycles. The Balaban J connectivity index is 2.11. The predicted molar refractivity (Wildman–Crippen MR) is 79.3 cm³/mol. The van der Waals surface area contributed by atoms with Gasteiger partial charge in [0, 0.05) is 11.0 Å². The number of benzene rings is 2. The van der Waals surface area contributed by atoms with Crippen LogP contribution in [-0.4, -0.2) is 16.1 Å². The van der Waals surface area contributed by atoms with Gasteiger partial charge in [-0.1, -0.05) is 40.2 Å². The summed E-state index contributed by atoms with van der Waals surface area (Å²) in [7, 11) is 0. The van der Waals surface area contributed by atoms with Crippen molar-refractivity contribution in [1.82, 2.24) is 5.32 Å². The minimum absolute atomic E-state index is 0.0684. The smallest absolute Gasteiger partial charge is 0.255 e. The summed E-state index contributed by atoms with van der Waals surface area (Å²) in [6, 6.07) is 12.0. The Morgan fingerprint density at radius 2 is 1.85 bits per heavy atom. The molecule has 5 heteroatoms. The Kier molecular flexibility index (Phi) is 4.76. The van der Waals surface area contributed by atoms with E-state index in [-0.39, 0.29) is 23.8 Å². The van der Waals surface area contributed by atoms with Crippen molar-refractivity contribution in [1.29, 1.82) is 0 Å². The molecule has 0 saturated heterocycles. The Morgan fingerprint density at radius 3 is 2.55 bits per heavy atom. The lowest BCUT2D eigenvalue weighted by molar-refractivity contribution is 0.0948. The number of aliphatic hydroxyl groups is 1. The van der Waals surface area contributed by atoms with Crippen LogP contribution in [0, 0.1) is 0 Å². The van der Waals surface area contributed by atoms with E-state index in [0.717, 1.165) is 15.6 Å². The molecule has 2 aromatic rings. The molecule has 0 atom stereocenters. The molecular weight excluding hydrogens is 322 g/mol. The molecule has 0 saturated carbocycles. The SMILES string of the molecule is O=C(NCc1ccccc1CO)c1cc(Br)ccc1O. The van der Waals surface area contributed by atoms with Gasteiger partial charge in [-0.15, -0.1) is 0 Å². The Hall–Kier alpha value is -1.85. The van der Waals surface area contributed by atoms with Gasteiger partial charge in [0.2, 0.25) is 0 Å². The molecule has 104 valence electrons. The predicted octanol–water partition coefficient (Wildman–Crippen LogP) is 2.58. The first-order chi connectivity index (χ1) is 9.61. The molecule has 0 fully saturated rings. The van der Waals surface area contributed by atoms with E-state index < -0.39 is 0 Å². The second kappa shape index (κ2) is 6.54. The van der Waals surface area contributed by atoms with Crippen LogP contribution in [0.15, 0.2) is 46.9 Å². The standard InChI is InChI=1S/C15H14BrNO3/c16-12-5-6-14(19)13(7-12)15(20)17-8-10-3-1-2-4-11(10)9-18/h1-7,18-19H,8-9H2,(H,17,20). The molecule has 0 unspecified atom stereocenters. The number of nitrogens with one attached hydrogen (secondary N) is 1. The highest BCUT2D eigenvalue weighted by Crippen LogP contribution is 2.21. The van der Waals surface area contributed by atoms with Crippen LogP contribution in [0.3, 0.4) is 0 Å². The van der Waals surface area contributed by atoms with Gasteiger partial charge in [0.05, 0.1) is 12.2 Å². The molecule has 3 N–H and O–H groups in total. The first-order valence-corrected chi connectivity index (χ1v) is 6.85. The molecule has 20 heavy (non-hydrogen) atoms. The lowest BCUT2D eigenvalue weighted by Gasteiger charge is -2.10. The van der Waals surface area contributed by atoms with E-state index in [1.54, 1.807) is 18.2 Å². The van der Waals surface area contributed by atoms with Gasteiger partial charge in [-0.05, 0) is 29.3 Å². The van der Waals surface area contributed by atoms with Crippen molar-refractivity contribution >= 4 is 21.8 Å². The highest BCUT2D eigenvalue weighted by Gasteiger charge is 2.11. The molecule has 4 nitrogen and oxygen atoms in total. The number of aliphatic hydroxyl groups excluding tert-OH is 1. The second-order valence-electron chi connectivity index (χ2n) is 4.27. The quantitative estimate of drug-likeness (QED) is 0.804. The molecule has 2 rings (SSSR count). The molecule has 0 aromatic heterocycles. The van der Waals surface area contributed by atoms with Crippen molar-refractivity contribution in [3.8, 4) is 5.75 Å². The zero-order valence-corrected chi connectivity index (χ0v) is 12.2. The summed E-state index contributed by atoms with van der Waals surface area (Å²) in [5, 5.41) is 21.6. The number of carbonyl (C=O) groups is 1. The average molecular weight is 336 g/mol. The summed E-state index contributed by atoms with van der Waals surface area (Å²) in [6.07, 6.45) is 0. The number of carbonyl (C=O) groups excluding carboxylic acids is 1. The number of hydrogen-bond acceptors (Lipinski definition) is 3. The Bertz CT molecular complexity index is 628. The van der Waals surface area contributed by atoms with Gasteiger partial charge in [-0.3, -0.25) is 4.79 Å². The third-order valence-corrected chi connectivity index (χ3v) is 3.42. The maximum absolute atomic E-state index is 12.0. The van der Waals surface area contributed by atoms with Gasteiger partial charge in [0.15, 0.2) is 0 Å². The molecule has 0 bridgehead atoms. The van der Waals surface area contributed by atoms with Crippen LogP contribution < -0.4 is 5.32 Å². The van der Waals surface area contributed by atoms with Crippen LogP contribution in [0.25, 0.3) is 0 Å². The third-order valence-electron chi connectivity index (χ3n) is 2.93. The number of amides is 1. The maximum atomic E-state index is 12.0. The summed E-state index contributed by atoms with van der Waals surface area (Å²) in [5.74, 6) is -0.433. The largest absolute Gasteiger partial charge is 0.507 e. The lowest BCUT2D eigenvalue weighted by Crippen LogP contribution is -2.23. The van der Waals surface area contributed by atoms with E-state index in [1.165, 1.54) is 6.07 Å². The second-order valence-corrected chi connectivity index (χ2v) is 5.19. The van der Waals surface area contributed by atoms with Crippen molar-refractivity contribution in [2.45, 2.75) is 13.2 Å². The molecule has 0 heterocycles. The lowest BCUT2D eigenvalue weighted by atomic mass is 10.1. The van der Waals surface area contributed by atoms with Crippen molar-refractivity contribution < 1.29 is 15.0 Å². The fourth-order valence-electron chi connectivity index (χ4n) is 1.85. The summed E-state index contributed by atoms with van der Waals surface area (Å²) >= 11 is 3.26. The van der Waals surface area contributed by atoms with E-state index in [4.69, 9.17) is 0 Å². The van der Waals surface area contributed by atoms with Crippen LogP contribution >= 0.6 is 15.9 Å². The van der Waals surface area contributed by atoms with E-state index in [1.807, 2.05) is 18.2 Å². The average Bonchev–Trinajstić information content (AvgIpc) is 2.47. The molecule has 0 aliphatic carbocycles.